The van der Waals surface area contributed by atoms with E-state index in [1.165, 1.54) is 0 Å². The number of carbonyl (C=O) groups is 2. The van der Waals surface area contributed by atoms with E-state index in [0.717, 1.165) is 17.5 Å². The lowest BCUT2D eigenvalue weighted by molar-refractivity contribution is 0.0517. The summed E-state index contributed by atoms with van der Waals surface area (Å²) in [5.74, 6) is -0.615. The van der Waals surface area contributed by atoms with E-state index in [1.54, 1.807) is 38.1 Å². The van der Waals surface area contributed by atoms with Crippen molar-refractivity contribution in [3.05, 3.63) is 70.8 Å². The normalized spacial score (nSPS) is 10.2. The molecule has 0 unspecified atom stereocenters. The van der Waals surface area contributed by atoms with Gasteiger partial charge in [0.2, 0.25) is 0 Å². The van der Waals surface area contributed by atoms with Gasteiger partial charge in [0.1, 0.15) is 0 Å². The Bertz CT molecular complexity index is 597. The molecule has 0 fully saturated rings. The van der Waals surface area contributed by atoms with Crippen molar-refractivity contribution < 1.29 is 19.1 Å². The molecule has 4 nitrogen and oxygen atoms in total. The van der Waals surface area contributed by atoms with Crippen molar-refractivity contribution in [3.63, 3.8) is 0 Å². The lowest BCUT2D eigenvalue weighted by Gasteiger charge is -2.06. The van der Waals surface area contributed by atoms with Gasteiger partial charge in [-0.3, -0.25) is 0 Å². The zero-order valence-electron chi connectivity index (χ0n) is 13.4. The van der Waals surface area contributed by atoms with Crippen LogP contribution in [0.2, 0.25) is 0 Å². The maximum Gasteiger partial charge on any atom is 0.338 e. The third-order valence-electron chi connectivity index (χ3n) is 3.34. The lowest BCUT2D eigenvalue weighted by atomic mass is 10.0. The van der Waals surface area contributed by atoms with E-state index in [4.69, 9.17) is 9.47 Å². The molecule has 0 aromatic heterocycles. The van der Waals surface area contributed by atoms with Crippen LogP contribution in [0.25, 0.3) is 0 Å². The van der Waals surface area contributed by atoms with E-state index in [-0.39, 0.29) is 11.9 Å². The van der Waals surface area contributed by atoms with Crippen LogP contribution in [-0.2, 0) is 15.9 Å². The van der Waals surface area contributed by atoms with Crippen molar-refractivity contribution in [1.82, 2.24) is 0 Å². The average Bonchev–Trinajstić information content (AvgIpc) is 2.56. The Morgan fingerprint density at radius 1 is 0.696 bits per heavy atom. The molecule has 2 aromatic carbocycles. The van der Waals surface area contributed by atoms with Crippen molar-refractivity contribution in [2.45, 2.75) is 20.3 Å². The fourth-order valence-electron chi connectivity index (χ4n) is 2.18. The molecule has 2 aromatic rings. The van der Waals surface area contributed by atoms with Crippen molar-refractivity contribution in [2.24, 2.45) is 0 Å². The first-order valence-corrected chi connectivity index (χ1v) is 7.66. The fourth-order valence-corrected chi connectivity index (χ4v) is 2.18. The highest BCUT2D eigenvalue weighted by Crippen LogP contribution is 2.13. The van der Waals surface area contributed by atoms with Gasteiger partial charge in [0, 0.05) is 0 Å². The SMILES string of the molecule is CCOC(=O)c1ccc(Cc2ccc(C(=O)OCC)cc2)cc1. The summed E-state index contributed by atoms with van der Waals surface area (Å²) in [4.78, 5) is 23.2. The molecule has 0 amide bonds. The van der Waals surface area contributed by atoms with Crippen molar-refractivity contribution >= 4 is 11.9 Å². The highest BCUT2D eigenvalue weighted by atomic mass is 16.5. The second kappa shape index (κ2) is 8.13. The van der Waals surface area contributed by atoms with E-state index in [0.29, 0.717) is 24.3 Å². The largest absolute Gasteiger partial charge is 0.462 e. The second-order valence-corrected chi connectivity index (χ2v) is 5.01. The lowest BCUT2D eigenvalue weighted by Crippen LogP contribution is -2.05. The van der Waals surface area contributed by atoms with Gasteiger partial charge in [0.25, 0.3) is 0 Å². The molecular weight excluding hydrogens is 292 g/mol. The number of hydrogen-bond donors (Lipinski definition) is 0. The molecule has 4 heteroatoms. The van der Waals surface area contributed by atoms with Gasteiger partial charge in [-0.2, -0.15) is 0 Å². The van der Waals surface area contributed by atoms with Crippen molar-refractivity contribution in [2.75, 3.05) is 13.2 Å². The number of hydrogen-bond acceptors (Lipinski definition) is 4. The molecule has 120 valence electrons. The number of ether oxygens (including phenoxy) is 2. The number of rotatable bonds is 6. The Labute approximate surface area is 136 Å². The van der Waals surface area contributed by atoms with Crippen LogP contribution in [0.3, 0.4) is 0 Å². The van der Waals surface area contributed by atoms with Gasteiger partial charge >= 0.3 is 11.9 Å². The van der Waals surface area contributed by atoms with Gasteiger partial charge in [0.15, 0.2) is 0 Å². The van der Waals surface area contributed by atoms with E-state index in [2.05, 4.69) is 0 Å². The second-order valence-electron chi connectivity index (χ2n) is 5.01. The molecule has 0 heterocycles. The standard InChI is InChI=1S/C19H20O4/c1-3-22-18(20)16-9-5-14(6-10-16)13-15-7-11-17(12-8-15)19(21)23-4-2/h5-12H,3-4,13H2,1-2H3. The van der Waals surface area contributed by atoms with Gasteiger partial charge < -0.3 is 9.47 Å². The minimum atomic E-state index is -0.308. The molecule has 0 saturated carbocycles. The average molecular weight is 312 g/mol. The summed E-state index contributed by atoms with van der Waals surface area (Å²) in [6.45, 7) is 4.30. The highest BCUT2D eigenvalue weighted by Gasteiger charge is 2.07. The summed E-state index contributed by atoms with van der Waals surface area (Å²) in [6, 6.07) is 14.7. The Kier molecular flexibility index (Phi) is 5.92. The van der Waals surface area contributed by atoms with Crippen LogP contribution < -0.4 is 0 Å². The van der Waals surface area contributed by atoms with Crippen LogP contribution in [0.1, 0.15) is 45.7 Å². The topological polar surface area (TPSA) is 52.6 Å². The Morgan fingerprint density at radius 2 is 1.04 bits per heavy atom. The predicted molar refractivity (Wildman–Crippen MR) is 87.6 cm³/mol. The molecule has 0 atom stereocenters. The summed E-state index contributed by atoms with van der Waals surface area (Å²) in [6.07, 6.45) is 0.728. The Morgan fingerprint density at radius 3 is 1.35 bits per heavy atom. The maximum atomic E-state index is 11.6. The number of benzene rings is 2. The first-order valence-electron chi connectivity index (χ1n) is 7.66. The Balaban J connectivity index is 2.02. The molecule has 0 aliphatic heterocycles. The maximum absolute atomic E-state index is 11.6. The minimum absolute atomic E-state index is 0.308. The molecule has 0 aliphatic carbocycles. The summed E-state index contributed by atoms with van der Waals surface area (Å²) < 4.78 is 9.92. The van der Waals surface area contributed by atoms with Gasteiger partial charge in [0.05, 0.1) is 24.3 Å². The summed E-state index contributed by atoms with van der Waals surface area (Å²) in [5.41, 5.74) is 3.27. The molecule has 0 N–H and O–H groups in total. The monoisotopic (exact) mass is 312 g/mol. The first-order chi connectivity index (χ1) is 11.1. The highest BCUT2D eigenvalue weighted by molar-refractivity contribution is 5.89. The van der Waals surface area contributed by atoms with Crippen molar-refractivity contribution in [3.8, 4) is 0 Å². The van der Waals surface area contributed by atoms with Crippen molar-refractivity contribution in [1.29, 1.82) is 0 Å². The van der Waals surface area contributed by atoms with Crippen LogP contribution in [0.15, 0.2) is 48.5 Å². The Hall–Kier alpha value is -2.62. The summed E-state index contributed by atoms with van der Waals surface area (Å²) in [7, 11) is 0. The van der Waals surface area contributed by atoms with E-state index >= 15 is 0 Å². The zero-order chi connectivity index (χ0) is 16.7. The van der Waals surface area contributed by atoms with Crippen LogP contribution in [0.5, 0.6) is 0 Å². The van der Waals surface area contributed by atoms with E-state index < -0.39 is 0 Å². The number of carbonyl (C=O) groups excluding carboxylic acids is 2. The van der Waals surface area contributed by atoms with Gasteiger partial charge in [-0.05, 0) is 55.7 Å². The van der Waals surface area contributed by atoms with E-state index in [1.807, 2.05) is 24.3 Å². The smallest absolute Gasteiger partial charge is 0.338 e. The molecular formula is C19H20O4. The fraction of sp³-hybridized carbons (Fsp3) is 0.263. The van der Waals surface area contributed by atoms with Gasteiger partial charge in [-0.1, -0.05) is 24.3 Å². The molecule has 0 bridgehead atoms. The minimum Gasteiger partial charge on any atom is -0.462 e. The van der Waals surface area contributed by atoms with Crippen LogP contribution >= 0.6 is 0 Å². The predicted octanol–water partition coefficient (Wildman–Crippen LogP) is 3.63. The van der Waals surface area contributed by atoms with Crippen LogP contribution in [0.4, 0.5) is 0 Å². The molecule has 2 rings (SSSR count). The quantitative estimate of drug-likeness (QED) is 0.764. The molecule has 0 saturated heterocycles. The number of esters is 2. The van der Waals surface area contributed by atoms with Crippen LogP contribution in [-0.4, -0.2) is 25.2 Å². The van der Waals surface area contributed by atoms with Gasteiger partial charge in [-0.15, -0.1) is 0 Å². The van der Waals surface area contributed by atoms with Gasteiger partial charge in [-0.25, -0.2) is 9.59 Å². The van der Waals surface area contributed by atoms with E-state index in [9.17, 15) is 9.59 Å². The summed E-state index contributed by atoms with van der Waals surface area (Å²) in [5, 5.41) is 0. The molecule has 0 spiro atoms. The zero-order valence-corrected chi connectivity index (χ0v) is 13.4. The third-order valence-corrected chi connectivity index (χ3v) is 3.34. The van der Waals surface area contributed by atoms with Crippen LogP contribution in [0, 0.1) is 0 Å². The third kappa shape index (κ3) is 4.68. The molecule has 0 radical (unpaired) electrons. The first kappa shape index (κ1) is 16.7. The molecule has 0 aliphatic rings. The summed E-state index contributed by atoms with van der Waals surface area (Å²) >= 11 is 0. The molecule has 23 heavy (non-hydrogen) atoms.